The zero-order valence-corrected chi connectivity index (χ0v) is 18.8. The van der Waals surface area contributed by atoms with Crippen LogP contribution in [0.3, 0.4) is 0 Å². The van der Waals surface area contributed by atoms with E-state index in [1.807, 2.05) is 54.6 Å². The number of hydrogen-bond donors (Lipinski definition) is 1. The molecule has 0 radical (unpaired) electrons. The highest BCUT2D eigenvalue weighted by Crippen LogP contribution is 2.31. The van der Waals surface area contributed by atoms with Gasteiger partial charge in [-0.2, -0.15) is 0 Å². The van der Waals surface area contributed by atoms with E-state index in [1.165, 1.54) is 6.33 Å². The first kappa shape index (κ1) is 22.3. The molecule has 0 fully saturated rings. The third kappa shape index (κ3) is 5.87. The van der Waals surface area contributed by atoms with Crippen LogP contribution in [0.1, 0.15) is 15.9 Å². The Labute approximate surface area is 197 Å². The number of carbonyl (C=O) groups is 1. The van der Waals surface area contributed by atoms with Gasteiger partial charge in [0.2, 0.25) is 5.88 Å². The van der Waals surface area contributed by atoms with Crippen molar-refractivity contribution >= 4 is 17.5 Å². The zero-order chi connectivity index (χ0) is 23.0. The Kier molecular flexibility index (Phi) is 7.17. The summed E-state index contributed by atoms with van der Waals surface area (Å²) in [6, 6.07) is 23.9. The molecular formula is C26H22ClN3O3. The summed E-state index contributed by atoms with van der Waals surface area (Å²) >= 11 is 5.90. The lowest BCUT2D eigenvalue weighted by Crippen LogP contribution is -2.25. The Hall–Kier alpha value is -3.90. The molecule has 166 valence electrons. The van der Waals surface area contributed by atoms with Crippen LogP contribution in [0.5, 0.6) is 17.4 Å². The van der Waals surface area contributed by atoms with Gasteiger partial charge in [-0.1, -0.05) is 48.0 Å². The van der Waals surface area contributed by atoms with Crippen LogP contribution in [0.4, 0.5) is 0 Å². The lowest BCUT2D eigenvalue weighted by Gasteiger charge is -2.10. The predicted molar refractivity (Wildman–Crippen MR) is 128 cm³/mol. The van der Waals surface area contributed by atoms with Gasteiger partial charge in [-0.25, -0.2) is 9.97 Å². The number of nitrogens with one attached hydrogen (secondary N) is 1. The second-order valence-electron chi connectivity index (χ2n) is 7.20. The maximum absolute atomic E-state index is 12.5. The van der Waals surface area contributed by atoms with Crippen molar-refractivity contribution in [2.45, 2.75) is 6.42 Å². The van der Waals surface area contributed by atoms with Gasteiger partial charge in [0.15, 0.2) is 11.5 Å². The fraction of sp³-hybridized carbons (Fsp3) is 0.115. The minimum atomic E-state index is -0.126. The van der Waals surface area contributed by atoms with Crippen LogP contribution in [-0.2, 0) is 6.42 Å². The number of benzene rings is 3. The lowest BCUT2D eigenvalue weighted by atomic mass is 10.1. The number of ether oxygens (including phenoxy) is 2. The van der Waals surface area contributed by atoms with Crippen LogP contribution >= 0.6 is 11.6 Å². The normalized spacial score (nSPS) is 10.5. The molecule has 0 aliphatic rings. The summed E-state index contributed by atoms with van der Waals surface area (Å²) < 4.78 is 11.2. The molecule has 0 aliphatic heterocycles. The van der Waals surface area contributed by atoms with Crippen molar-refractivity contribution in [3.8, 4) is 28.6 Å². The van der Waals surface area contributed by atoms with Gasteiger partial charge in [0, 0.05) is 28.8 Å². The van der Waals surface area contributed by atoms with E-state index in [0.717, 1.165) is 17.5 Å². The van der Waals surface area contributed by atoms with Gasteiger partial charge in [0.25, 0.3) is 5.91 Å². The molecule has 4 rings (SSSR count). The van der Waals surface area contributed by atoms with Crippen molar-refractivity contribution in [3.63, 3.8) is 0 Å². The first-order chi connectivity index (χ1) is 16.1. The van der Waals surface area contributed by atoms with E-state index in [9.17, 15) is 4.79 Å². The van der Waals surface area contributed by atoms with Gasteiger partial charge in [0.1, 0.15) is 6.33 Å². The molecule has 4 aromatic rings. The summed E-state index contributed by atoms with van der Waals surface area (Å²) in [6.45, 7) is 0.539. The monoisotopic (exact) mass is 459 g/mol. The summed E-state index contributed by atoms with van der Waals surface area (Å²) in [5.41, 5.74) is 3.23. The molecule has 0 unspecified atom stereocenters. The van der Waals surface area contributed by atoms with Gasteiger partial charge in [-0.05, 0) is 48.4 Å². The Bertz CT molecular complexity index is 1230. The van der Waals surface area contributed by atoms with Crippen LogP contribution in [0.25, 0.3) is 11.3 Å². The predicted octanol–water partition coefficient (Wildman–Crippen LogP) is 5.57. The molecule has 0 saturated heterocycles. The van der Waals surface area contributed by atoms with E-state index in [2.05, 4.69) is 15.3 Å². The van der Waals surface area contributed by atoms with Gasteiger partial charge in [0.05, 0.1) is 12.8 Å². The number of amides is 1. The number of halogens is 1. The highest BCUT2D eigenvalue weighted by Gasteiger charge is 2.09. The SMILES string of the molecule is COc1ccccc1Oc1cc(-c2ccc(C(=O)NCCc3ccc(Cl)cc3)cc2)ncn1. The molecule has 1 N–H and O–H groups in total. The molecule has 0 spiro atoms. The summed E-state index contributed by atoms with van der Waals surface area (Å²) in [4.78, 5) is 21.0. The van der Waals surface area contributed by atoms with Crippen LogP contribution in [0.2, 0.25) is 5.02 Å². The number of hydrogen-bond acceptors (Lipinski definition) is 5. The Morgan fingerprint density at radius 2 is 1.67 bits per heavy atom. The standard InChI is InChI=1S/C26H22ClN3O3/c1-32-23-4-2-3-5-24(23)33-25-16-22(29-17-30-25)19-8-10-20(11-9-19)26(31)28-15-14-18-6-12-21(27)13-7-18/h2-13,16-17H,14-15H2,1H3,(H,28,31). The molecule has 1 aromatic heterocycles. The first-order valence-electron chi connectivity index (χ1n) is 10.4. The molecule has 33 heavy (non-hydrogen) atoms. The van der Waals surface area contributed by atoms with Gasteiger partial charge in [-0.15, -0.1) is 0 Å². The van der Waals surface area contributed by atoms with Crippen molar-refractivity contribution in [1.82, 2.24) is 15.3 Å². The zero-order valence-electron chi connectivity index (χ0n) is 18.0. The van der Waals surface area contributed by atoms with Crippen LogP contribution in [-0.4, -0.2) is 29.5 Å². The Balaban J connectivity index is 1.39. The molecule has 0 saturated carbocycles. The fourth-order valence-electron chi connectivity index (χ4n) is 3.23. The Morgan fingerprint density at radius 1 is 0.939 bits per heavy atom. The van der Waals surface area contributed by atoms with E-state index < -0.39 is 0 Å². The van der Waals surface area contributed by atoms with Gasteiger partial charge in [-0.3, -0.25) is 4.79 Å². The van der Waals surface area contributed by atoms with E-state index >= 15 is 0 Å². The third-order valence-electron chi connectivity index (χ3n) is 4.98. The summed E-state index contributed by atoms with van der Waals surface area (Å²) in [7, 11) is 1.59. The number of nitrogens with zero attached hydrogens (tertiary/aromatic N) is 2. The average Bonchev–Trinajstić information content (AvgIpc) is 2.86. The largest absolute Gasteiger partial charge is 0.493 e. The fourth-order valence-corrected chi connectivity index (χ4v) is 3.36. The highest BCUT2D eigenvalue weighted by molar-refractivity contribution is 6.30. The van der Waals surface area contributed by atoms with E-state index in [-0.39, 0.29) is 5.91 Å². The summed E-state index contributed by atoms with van der Waals surface area (Å²) in [6.07, 6.45) is 2.17. The summed E-state index contributed by atoms with van der Waals surface area (Å²) in [5, 5.41) is 3.64. The van der Waals surface area contributed by atoms with E-state index in [0.29, 0.717) is 40.2 Å². The number of para-hydroxylation sites is 2. The molecule has 0 atom stereocenters. The van der Waals surface area contributed by atoms with E-state index in [4.69, 9.17) is 21.1 Å². The highest BCUT2D eigenvalue weighted by atomic mass is 35.5. The number of methoxy groups -OCH3 is 1. The number of aromatic nitrogens is 2. The third-order valence-corrected chi connectivity index (χ3v) is 5.23. The first-order valence-corrected chi connectivity index (χ1v) is 10.8. The quantitative estimate of drug-likeness (QED) is 0.373. The van der Waals surface area contributed by atoms with Gasteiger partial charge < -0.3 is 14.8 Å². The van der Waals surface area contributed by atoms with E-state index in [1.54, 1.807) is 31.4 Å². The molecule has 7 heteroatoms. The number of carbonyl (C=O) groups excluding carboxylic acids is 1. The van der Waals surface area contributed by atoms with Crippen LogP contribution in [0, 0.1) is 0 Å². The molecule has 3 aromatic carbocycles. The van der Waals surface area contributed by atoms with Crippen molar-refractivity contribution < 1.29 is 14.3 Å². The second-order valence-corrected chi connectivity index (χ2v) is 7.64. The number of rotatable bonds is 8. The topological polar surface area (TPSA) is 73.3 Å². The Morgan fingerprint density at radius 3 is 2.39 bits per heavy atom. The lowest BCUT2D eigenvalue weighted by molar-refractivity contribution is 0.0954. The van der Waals surface area contributed by atoms with Crippen molar-refractivity contribution in [3.05, 3.63) is 101 Å². The van der Waals surface area contributed by atoms with Crippen LogP contribution < -0.4 is 14.8 Å². The minimum Gasteiger partial charge on any atom is -0.493 e. The van der Waals surface area contributed by atoms with Gasteiger partial charge >= 0.3 is 0 Å². The summed E-state index contributed by atoms with van der Waals surface area (Å²) in [5.74, 6) is 1.45. The van der Waals surface area contributed by atoms with Crippen molar-refractivity contribution in [2.24, 2.45) is 0 Å². The minimum absolute atomic E-state index is 0.126. The molecule has 1 heterocycles. The smallest absolute Gasteiger partial charge is 0.251 e. The maximum Gasteiger partial charge on any atom is 0.251 e. The molecule has 0 aliphatic carbocycles. The molecule has 6 nitrogen and oxygen atoms in total. The average molecular weight is 460 g/mol. The second kappa shape index (κ2) is 10.6. The molecular weight excluding hydrogens is 438 g/mol. The van der Waals surface area contributed by atoms with Crippen molar-refractivity contribution in [1.29, 1.82) is 0 Å². The maximum atomic E-state index is 12.5. The molecule has 0 bridgehead atoms. The van der Waals surface area contributed by atoms with Crippen molar-refractivity contribution in [2.75, 3.05) is 13.7 Å². The van der Waals surface area contributed by atoms with Crippen LogP contribution in [0.15, 0.2) is 85.2 Å². The molecule has 1 amide bonds.